The number of amides is 1. The van der Waals surface area contributed by atoms with Gasteiger partial charge in [0, 0.05) is 17.2 Å². The first-order chi connectivity index (χ1) is 12.4. The Morgan fingerprint density at radius 1 is 1.35 bits per heavy atom. The van der Waals surface area contributed by atoms with Crippen molar-refractivity contribution in [3.63, 3.8) is 0 Å². The van der Waals surface area contributed by atoms with Crippen LogP contribution in [0.15, 0.2) is 42.5 Å². The lowest BCUT2D eigenvalue weighted by atomic mass is 10.3. The van der Waals surface area contributed by atoms with Crippen molar-refractivity contribution in [2.75, 3.05) is 6.61 Å². The van der Waals surface area contributed by atoms with E-state index in [4.69, 9.17) is 16.3 Å². The molecule has 8 nitrogen and oxygen atoms in total. The Morgan fingerprint density at radius 3 is 2.77 bits per heavy atom. The van der Waals surface area contributed by atoms with Crippen molar-refractivity contribution in [1.29, 1.82) is 0 Å². The SMILES string of the molecule is CC(NC(=O)COc1ccc(Cl)cc1)c1nc2ccc([N+](=O)[O-])cc2[nH]1. The molecule has 0 aliphatic rings. The monoisotopic (exact) mass is 374 g/mol. The molecule has 3 rings (SSSR count). The number of carbonyl (C=O) groups excluding carboxylic acids is 1. The van der Waals surface area contributed by atoms with Crippen LogP contribution in [0.25, 0.3) is 11.0 Å². The predicted molar refractivity (Wildman–Crippen MR) is 96.3 cm³/mol. The number of halogens is 1. The van der Waals surface area contributed by atoms with Crippen molar-refractivity contribution in [1.82, 2.24) is 15.3 Å². The summed E-state index contributed by atoms with van der Waals surface area (Å²) in [4.78, 5) is 29.7. The van der Waals surface area contributed by atoms with E-state index in [1.807, 2.05) is 0 Å². The molecule has 0 bridgehead atoms. The van der Waals surface area contributed by atoms with E-state index in [1.165, 1.54) is 12.1 Å². The van der Waals surface area contributed by atoms with Gasteiger partial charge in [0.25, 0.3) is 11.6 Å². The summed E-state index contributed by atoms with van der Waals surface area (Å²) in [6.45, 7) is 1.60. The minimum atomic E-state index is -0.473. The van der Waals surface area contributed by atoms with Crippen molar-refractivity contribution in [3.8, 4) is 5.75 Å². The van der Waals surface area contributed by atoms with E-state index in [0.717, 1.165) is 0 Å². The second kappa shape index (κ2) is 7.40. The van der Waals surface area contributed by atoms with Gasteiger partial charge < -0.3 is 15.0 Å². The molecular weight excluding hydrogens is 360 g/mol. The fraction of sp³-hybridized carbons (Fsp3) is 0.176. The number of ether oxygens (including phenoxy) is 1. The van der Waals surface area contributed by atoms with Gasteiger partial charge in [-0.15, -0.1) is 0 Å². The highest BCUT2D eigenvalue weighted by Gasteiger charge is 2.16. The molecule has 2 aromatic carbocycles. The molecule has 1 heterocycles. The summed E-state index contributed by atoms with van der Waals surface area (Å²) in [5.74, 6) is 0.715. The van der Waals surface area contributed by atoms with Crippen molar-refractivity contribution in [3.05, 3.63) is 63.4 Å². The van der Waals surface area contributed by atoms with Crippen molar-refractivity contribution < 1.29 is 14.5 Å². The molecule has 0 saturated heterocycles. The number of nitro groups is 1. The molecule has 134 valence electrons. The summed E-state index contributed by atoms with van der Waals surface area (Å²) in [6.07, 6.45) is 0. The number of H-pyrrole nitrogens is 1. The molecule has 1 amide bonds. The van der Waals surface area contributed by atoms with E-state index in [-0.39, 0.29) is 18.2 Å². The third-order valence-corrected chi connectivity index (χ3v) is 3.92. The van der Waals surface area contributed by atoms with E-state index in [9.17, 15) is 14.9 Å². The van der Waals surface area contributed by atoms with Crippen LogP contribution >= 0.6 is 11.6 Å². The third kappa shape index (κ3) is 4.09. The second-order valence-corrected chi connectivity index (χ2v) is 6.05. The molecule has 0 saturated carbocycles. The molecule has 0 fully saturated rings. The molecule has 1 unspecified atom stereocenters. The summed E-state index contributed by atoms with van der Waals surface area (Å²) >= 11 is 5.79. The summed E-state index contributed by atoms with van der Waals surface area (Å²) in [5, 5.41) is 14.2. The van der Waals surface area contributed by atoms with Crippen molar-refractivity contribution >= 4 is 34.2 Å². The summed E-state index contributed by atoms with van der Waals surface area (Å²) in [7, 11) is 0. The molecule has 1 atom stereocenters. The molecular formula is C17H15ClN4O4. The number of hydrogen-bond donors (Lipinski definition) is 2. The number of aromatic amines is 1. The van der Waals surface area contributed by atoms with Crippen molar-refractivity contribution in [2.24, 2.45) is 0 Å². The molecule has 3 aromatic rings. The number of fused-ring (bicyclic) bond motifs is 1. The lowest BCUT2D eigenvalue weighted by Gasteiger charge is -2.12. The minimum Gasteiger partial charge on any atom is -0.484 e. The van der Waals surface area contributed by atoms with Gasteiger partial charge in [-0.05, 0) is 37.3 Å². The van der Waals surface area contributed by atoms with Crippen LogP contribution in [0.3, 0.4) is 0 Å². The Bertz CT molecular complexity index is 955. The maximum absolute atomic E-state index is 12.0. The summed E-state index contributed by atoms with van der Waals surface area (Å²) < 4.78 is 5.38. The van der Waals surface area contributed by atoms with Crippen LogP contribution < -0.4 is 10.1 Å². The Morgan fingerprint density at radius 2 is 2.08 bits per heavy atom. The fourth-order valence-electron chi connectivity index (χ4n) is 2.37. The molecule has 0 radical (unpaired) electrons. The van der Waals surface area contributed by atoms with E-state index in [2.05, 4.69) is 15.3 Å². The highest BCUT2D eigenvalue weighted by Crippen LogP contribution is 2.21. The van der Waals surface area contributed by atoms with Gasteiger partial charge in [-0.3, -0.25) is 14.9 Å². The molecule has 2 N–H and O–H groups in total. The largest absolute Gasteiger partial charge is 0.484 e. The van der Waals surface area contributed by atoms with E-state index < -0.39 is 11.0 Å². The molecule has 26 heavy (non-hydrogen) atoms. The van der Waals surface area contributed by atoms with E-state index >= 15 is 0 Å². The lowest BCUT2D eigenvalue weighted by molar-refractivity contribution is -0.384. The summed E-state index contributed by atoms with van der Waals surface area (Å²) in [6, 6.07) is 10.6. The predicted octanol–water partition coefficient (Wildman–Crippen LogP) is 3.38. The topological polar surface area (TPSA) is 110 Å². The number of benzene rings is 2. The standard InChI is InChI=1S/C17H15ClN4O4/c1-10(19-16(23)9-26-13-5-2-11(18)3-6-13)17-20-14-7-4-12(22(24)25)8-15(14)21-17/h2-8,10H,9H2,1H3,(H,19,23)(H,20,21). The van der Waals surface area contributed by atoms with Crippen LogP contribution in [0.4, 0.5) is 5.69 Å². The zero-order chi connectivity index (χ0) is 18.7. The first-order valence-electron chi connectivity index (χ1n) is 7.74. The van der Waals surface area contributed by atoms with Gasteiger partial charge in [0.2, 0.25) is 0 Å². The Balaban J connectivity index is 1.62. The van der Waals surface area contributed by atoms with Crippen LogP contribution in [0.5, 0.6) is 5.75 Å². The first kappa shape index (κ1) is 17.7. The van der Waals surface area contributed by atoms with Crippen LogP contribution in [-0.4, -0.2) is 27.4 Å². The van der Waals surface area contributed by atoms with Crippen LogP contribution in [0, 0.1) is 10.1 Å². The van der Waals surface area contributed by atoms with Gasteiger partial charge >= 0.3 is 0 Å². The quantitative estimate of drug-likeness (QED) is 0.507. The zero-order valence-electron chi connectivity index (χ0n) is 13.7. The van der Waals surface area contributed by atoms with Crippen molar-refractivity contribution in [2.45, 2.75) is 13.0 Å². The summed E-state index contributed by atoms with van der Waals surface area (Å²) in [5.41, 5.74) is 1.09. The number of nitro benzene ring substituents is 1. The lowest BCUT2D eigenvalue weighted by Crippen LogP contribution is -2.31. The molecule has 0 aliphatic carbocycles. The highest BCUT2D eigenvalue weighted by molar-refractivity contribution is 6.30. The van der Waals surface area contributed by atoms with Crippen LogP contribution in [0.2, 0.25) is 5.02 Å². The Kier molecular flexibility index (Phi) is 5.04. The number of nitrogens with one attached hydrogen (secondary N) is 2. The number of nitrogens with zero attached hydrogens (tertiary/aromatic N) is 2. The molecule has 9 heteroatoms. The van der Waals surface area contributed by atoms with E-state index in [0.29, 0.717) is 27.6 Å². The maximum atomic E-state index is 12.0. The van der Waals surface area contributed by atoms with Crippen LogP contribution in [-0.2, 0) is 4.79 Å². The average Bonchev–Trinajstić information content (AvgIpc) is 3.04. The molecule has 0 spiro atoms. The number of aromatic nitrogens is 2. The maximum Gasteiger partial charge on any atom is 0.271 e. The van der Waals surface area contributed by atoms with Gasteiger partial charge in [0.15, 0.2) is 6.61 Å². The van der Waals surface area contributed by atoms with E-state index in [1.54, 1.807) is 37.3 Å². The van der Waals surface area contributed by atoms with Gasteiger partial charge in [0.05, 0.1) is 22.0 Å². The Labute approximate surface area is 153 Å². The Hall–Kier alpha value is -3.13. The fourth-order valence-corrected chi connectivity index (χ4v) is 2.49. The normalized spacial score (nSPS) is 11.9. The molecule has 0 aliphatic heterocycles. The minimum absolute atomic E-state index is 0.0271. The van der Waals surface area contributed by atoms with Crippen LogP contribution in [0.1, 0.15) is 18.8 Å². The van der Waals surface area contributed by atoms with Gasteiger partial charge in [0.1, 0.15) is 11.6 Å². The smallest absolute Gasteiger partial charge is 0.271 e. The number of non-ortho nitro benzene ring substituents is 1. The van der Waals surface area contributed by atoms with Gasteiger partial charge in [-0.25, -0.2) is 4.98 Å². The number of hydrogen-bond acceptors (Lipinski definition) is 5. The third-order valence-electron chi connectivity index (χ3n) is 3.67. The first-order valence-corrected chi connectivity index (χ1v) is 8.12. The number of imidazole rings is 1. The molecule has 1 aromatic heterocycles. The average molecular weight is 375 g/mol. The highest BCUT2D eigenvalue weighted by atomic mass is 35.5. The van der Waals surface area contributed by atoms with Gasteiger partial charge in [-0.1, -0.05) is 11.6 Å². The number of rotatable bonds is 6. The van der Waals surface area contributed by atoms with Gasteiger partial charge in [-0.2, -0.15) is 0 Å². The number of carbonyl (C=O) groups is 1. The second-order valence-electron chi connectivity index (χ2n) is 5.61. The zero-order valence-corrected chi connectivity index (χ0v) is 14.5.